The third-order valence-corrected chi connectivity index (χ3v) is 6.02. The fraction of sp³-hybridized carbons (Fsp3) is 0.500. The summed E-state index contributed by atoms with van der Waals surface area (Å²) in [6.07, 6.45) is 0. The zero-order chi connectivity index (χ0) is 11.5. The van der Waals surface area contributed by atoms with Crippen molar-refractivity contribution in [2.75, 3.05) is 18.1 Å². The van der Waals surface area contributed by atoms with Crippen molar-refractivity contribution >= 4 is 22.6 Å². The van der Waals surface area contributed by atoms with Crippen molar-refractivity contribution in [3.05, 3.63) is 29.8 Å². The Bertz CT molecular complexity index is 394. The summed E-state index contributed by atoms with van der Waals surface area (Å²) in [6, 6.07) is 8.43. The van der Waals surface area contributed by atoms with Gasteiger partial charge in [0.2, 0.25) is 0 Å². The summed E-state index contributed by atoms with van der Waals surface area (Å²) < 4.78 is 12.0. The summed E-state index contributed by atoms with van der Waals surface area (Å²) in [7, 11) is -0.800. The van der Waals surface area contributed by atoms with Gasteiger partial charge in [-0.2, -0.15) is 0 Å². The van der Waals surface area contributed by atoms with E-state index in [1.165, 1.54) is 10.5 Å². The number of benzene rings is 1. The SMILES string of the molecule is CC(CN)S(=O)CC1CSc2ccccc21. The summed E-state index contributed by atoms with van der Waals surface area (Å²) in [5, 5.41) is 0.109. The van der Waals surface area contributed by atoms with E-state index in [-0.39, 0.29) is 5.25 Å². The van der Waals surface area contributed by atoms with Crippen LogP contribution in [0.5, 0.6) is 0 Å². The van der Waals surface area contributed by atoms with Crippen LogP contribution in [-0.2, 0) is 10.8 Å². The number of thioether (sulfide) groups is 1. The molecule has 3 atom stereocenters. The van der Waals surface area contributed by atoms with E-state index in [0.29, 0.717) is 12.5 Å². The molecule has 0 saturated heterocycles. The molecule has 2 nitrogen and oxygen atoms in total. The quantitative estimate of drug-likeness (QED) is 0.894. The molecular weight excluding hydrogens is 238 g/mol. The Morgan fingerprint density at radius 2 is 2.31 bits per heavy atom. The summed E-state index contributed by atoms with van der Waals surface area (Å²) in [4.78, 5) is 1.35. The summed E-state index contributed by atoms with van der Waals surface area (Å²) >= 11 is 1.87. The fourth-order valence-electron chi connectivity index (χ4n) is 1.84. The summed E-state index contributed by atoms with van der Waals surface area (Å²) in [5.74, 6) is 2.25. The Labute approximate surface area is 103 Å². The smallest absolute Gasteiger partial charge is 0.0442 e. The average Bonchev–Trinajstić information content (AvgIpc) is 2.72. The van der Waals surface area contributed by atoms with Crippen LogP contribution in [0.15, 0.2) is 29.2 Å². The van der Waals surface area contributed by atoms with Gasteiger partial charge >= 0.3 is 0 Å². The molecule has 1 aliphatic rings. The molecule has 16 heavy (non-hydrogen) atoms. The average molecular weight is 255 g/mol. The lowest BCUT2D eigenvalue weighted by Crippen LogP contribution is -2.25. The van der Waals surface area contributed by atoms with Crippen LogP contribution in [0.4, 0.5) is 0 Å². The molecule has 0 fully saturated rings. The maximum atomic E-state index is 12.0. The zero-order valence-corrected chi connectivity index (χ0v) is 11.0. The summed E-state index contributed by atoms with van der Waals surface area (Å²) in [6.45, 7) is 2.47. The third kappa shape index (κ3) is 2.50. The van der Waals surface area contributed by atoms with Crippen molar-refractivity contribution in [1.29, 1.82) is 0 Å². The topological polar surface area (TPSA) is 43.1 Å². The molecule has 3 unspecified atom stereocenters. The second kappa shape index (κ2) is 5.34. The van der Waals surface area contributed by atoms with E-state index in [1.807, 2.05) is 18.7 Å². The Balaban J connectivity index is 2.06. The molecule has 88 valence electrons. The van der Waals surface area contributed by atoms with Gasteiger partial charge in [-0.1, -0.05) is 18.2 Å². The van der Waals surface area contributed by atoms with Crippen LogP contribution >= 0.6 is 11.8 Å². The van der Waals surface area contributed by atoms with Gasteiger partial charge in [-0.3, -0.25) is 4.21 Å². The van der Waals surface area contributed by atoms with Gasteiger partial charge in [0, 0.05) is 44.9 Å². The van der Waals surface area contributed by atoms with Crippen molar-refractivity contribution in [2.45, 2.75) is 23.0 Å². The number of nitrogens with two attached hydrogens (primary N) is 1. The van der Waals surface area contributed by atoms with Gasteiger partial charge in [-0.05, 0) is 18.6 Å². The molecule has 2 rings (SSSR count). The number of rotatable bonds is 4. The highest BCUT2D eigenvalue weighted by Gasteiger charge is 2.25. The predicted octanol–water partition coefficient (Wildman–Crippen LogP) is 1.97. The van der Waals surface area contributed by atoms with E-state index in [1.54, 1.807) is 0 Å². The van der Waals surface area contributed by atoms with Crippen molar-refractivity contribution in [1.82, 2.24) is 0 Å². The van der Waals surface area contributed by atoms with Crippen LogP contribution < -0.4 is 5.73 Å². The molecule has 0 saturated carbocycles. The molecule has 1 aromatic rings. The second-order valence-corrected chi connectivity index (χ2v) is 7.10. The van der Waals surface area contributed by atoms with Gasteiger partial charge < -0.3 is 5.73 Å². The third-order valence-electron chi connectivity index (χ3n) is 2.95. The normalized spacial score (nSPS) is 22.8. The molecule has 0 aliphatic carbocycles. The first-order valence-corrected chi connectivity index (χ1v) is 7.88. The molecule has 0 amide bonds. The Hall–Kier alpha value is -0.320. The number of hydrogen-bond donors (Lipinski definition) is 1. The second-order valence-electron chi connectivity index (χ2n) is 4.14. The Morgan fingerprint density at radius 3 is 3.06 bits per heavy atom. The molecular formula is C12H17NOS2. The highest BCUT2D eigenvalue weighted by atomic mass is 32.2. The minimum atomic E-state index is -0.800. The first-order valence-electron chi connectivity index (χ1n) is 5.51. The first-order chi connectivity index (χ1) is 7.72. The highest BCUT2D eigenvalue weighted by Crippen LogP contribution is 2.39. The molecule has 0 bridgehead atoms. The van der Waals surface area contributed by atoms with E-state index < -0.39 is 10.8 Å². The number of fused-ring (bicyclic) bond motifs is 1. The van der Waals surface area contributed by atoms with E-state index in [9.17, 15) is 4.21 Å². The molecule has 1 aliphatic heterocycles. The lowest BCUT2D eigenvalue weighted by molar-refractivity contribution is 0.668. The van der Waals surface area contributed by atoms with E-state index >= 15 is 0 Å². The largest absolute Gasteiger partial charge is 0.329 e. The highest BCUT2D eigenvalue weighted by molar-refractivity contribution is 7.99. The minimum absolute atomic E-state index is 0.109. The van der Waals surface area contributed by atoms with Gasteiger partial charge in [0.25, 0.3) is 0 Å². The van der Waals surface area contributed by atoms with Gasteiger partial charge in [0.05, 0.1) is 0 Å². The van der Waals surface area contributed by atoms with Gasteiger partial charge in [-0.25, -0.2) is 0 Å². The fourth-order valence-corrected chi connectivity index (χ4v) is 4.48. The first kappa shape index (κ1) is 12.1. The maximum absolute atomic E-state index is 12.0. The monoisotopic (exact) mass is 255 g/mol. The maximum Gasteiger partial charge on any atom is 0.0442 e. The minimum Gasteiger partial charge on any atom is -0.329 e. The molecule has 4 heteroatoms. The lowest BCUT2D eigenvalue weighted by atomic mass is 10.0. The van der Waals surface area contributed by atoms with Crippen LogP contribution in [0.25, 0.3) is 0 Å². The number of hydrogen-bond acceptors (Lipinski definition) is 3. The molecule has 1 aromatic carbocycles. The van der Waals surface area contributed by atoms with Gasteiger partial charge in [0.15, 0.2) is 0 Å². The molecule has 2 N–H and O–H groups in total. The molecule has 0 aromatic heterocycles. The van der Waals surface area contributed by atoms with Crippen molar-refractivity contribution in [2.24, 2.45) is 5.73 Å². The van der Waals surface area contributed by atoms with Crippen LogP contribution in [0, 0.1) is 0 Å². The van der Waals surface area contributed by atoms with Crippen LogP contribution in [0.2, 0.25) is 0 Å². The van der Waals surface area contributed by atoms with Crippen LogP contribution in [0.1, 0.15) is 18.4 Å². The van der Waals surface area contributed by atoms with Gasteiger partial charge in [0.1, 0.15) is 0 Å². The van der Waals surface area contributed by atoms with E-state index in [4.69, 9.17) is 5.73 Å². The molecule has 0 radical (unpaired) electrons. The van der Waals surface area contributed by atoms with Crippen molar-refractivity contribution in [3.63, 3.8) is 0 Å². The zero-order valence-electron chi connectivity index (χ0n) is 9.39. The van der Waals surface area contributed by atoms with Crippen LogP contribution in [-0.4, -0.2) is 27.5 Å². The summed E-state index contributed by atoms with van der Waals surface area (Å²) in [5.41, 5.74) is 6.91. The van der Waals surface area contributed by atoms with Crippen molar-refractivity contribution in [3.8, 4) is 0 Å². The molecule has 0 spiro atoms. The van der Waals surface area contributed by atoms with Gasteiger partial charge in [-0.15, -0.1) is 11.8 Å². The molecule has 1 heterocycles. The Kier molecular flexibility index (Phi) is 4.05. The lowest BCUT2D eigenvalue weighted by Gasteiger charge is -2.13. The van der Waals surface area contributed by atoms with E-state index in [0.717, 1.165) is 11.5 Å². The predicted molar refractivity (Wildman–Crippen MR) is 71.4 cm³/mol. The van der Waals surface area contributed by atoms with E-state index in [2.05, 4.69) is 24.3 Å². The van der Waals surface area contributed by atoms with Crippen molar-refractivity contribution < 1.29 is 4.21 Å². The standard InChI is InChI=1S/C12H17NOS2/c1-9(6-13)16(14)8-10-7-15-12-5-3-2-4-11(10)12/h2-5,9-10H,6-8,13H2,1H3. The Morgan fingerprint density at radius 1 is 1.56 bits per heavy atom. The van der Waals surface area contributed by atoms with Crippen LogP contribution in [0.3, 0.4) is 0 Å².